The third kappa shape index (κ3) is 2.46. The Labute approximate surface area is 142 Å². The third-order valence-electron chi connectivity index (χ3n) is 4.86. The van der Waals surface area contributed by atoms with Crippen molar-refractivity contribution in [2.75, 3.05) is 30.9 Å². The van der Waals surface area contributed by atoms with Crippen LogP contribution >= 0.6 is 0 Å². The Hall–Kier alpha value is -2.69. The van der Waals surface area contributed by atoms with Crippen LogP contribution in [0, 0.1) is 0 Å². The lowest BCUT2D eigenvalue weighted by molar-refractivity contribution is 0.661. The van der Waals surface area contributed by atoms with Gasteiger partial charge in [-0.15, -0.1) is 0 Å². The standard InChI is InChI=1S/C19H21N5/c1-23(2)18-10-16-17(11-20-18)21-12-22-19(16)24(3)15-8-13-6-4-5-7-14(13)9-15/h4-7,10-12,15H,8-9H2,1-3H3. The monoisotopic (exact) mass is 319 g/mol. The molecule has 5 nitrogen and oxygen atoms in total. The van der Waals surface area contributed by atoms with Gasteiger partial charge in [0, 0.05) is 32.6 Å². The predicted octanol–water partition coefficient (Wildman–Crippen LogP) is 2.69. The van der Waals surface area contributed by atoms with E-state index in [0.717, 1.165) is 35.4 Å². The zero-order valence-electron chi connectivity index (χ0n) is 14.3. The summed E-state index contributed by atoms with van der Waals surface area (Å²) in [6.45, 7) is 0. The van der Waals surface area contributed by atoms with E-state index in [4.69, 9.17) is 0 Å². The van der Waals surface area contributed by atoms with Crippen LogP contribution in [0.3, 0.4) is 0 Å². The largest absolute Gasteiger partial charge is 0.363 e. The molecule has 0 fully saturated rings. The zero-order valence-corrected chi connectivity index (χ0v) is 14.3. The summed E-state index contributed by atoms with van der Waals surface area (Å²) in [6, 6.07) is 11.2. The Morgan fingerprint density at radius 3 is 2.33 bits per heavy atom. The second-order valence-electron chi connectivity index (χ2n) is 6.59. The minimum Gasteiger partial charge on any atom is -0.363 e. The van der Waals surface area contributed by atoms with Crippen LogP contribution in [0.1, 0.15) is 11.1 Å². The van der Waals surface area contributed by atoms with Gasteiger partial charge in [-0.3, -0.25) is 0 Å². The Morgan fingerprint density at radius 2 is 1.67 bits per heavy atom. The molecule has 0 bridgehead atoms. The number of aromatic nitrogens is 3. The Bertz CT molecular complexity index is 865. The number of fused-ring (bicyclic) bond motifs is 2. The normalized spacial score (nSPS) is 14.0. The summed E-state index contributed by atoms with van der Waals surface area (Å²) in [6.07, 6.45) is 5.58. The molecule has 1 aromatic carbocycles. The van der Waals surface area contributed by atoms with Crippen LogP contribution in [-0.2, 0) is 12.8 Å². The summed E-state index contributed by atoms with van der Waals surface area (Å²) in [7, 11) is 6.12. The number of rotatable bonds is 3. The van der Waals surface area contributed by atoms with Gasteiger partial charge in [0.1, 0.15) is 18.0 Å². The van der Waals surface area contributed by atoms with Crippen molar-refractivity contribution < 1.29 is 0 Å². The van der Waals surface area contributed by atoms with E-state index in [1.54, 1.807) is 6.33 Å². The van der Waals surface area contributed by atoms with Gasteiger partial charge in [-0.25, -0.2) is 15.0 Å². The van der Waals surface area contributed by atoms with Crippen LogP contribution < -0.4 is 9.80 Å². The van der Waals surface area contributed by atoms with Crippen LogP contribution in [0.5, 0.6) is 0 Å². The molecule has 0 spiro atoms. The molecule has 5 heteroatoms. The number of benzene rings is 1. The highest BCUT2D eigenvalue weighted by atomic mass is 15.2. The first-order valence-electron chi connectivity index (χ1n) is 8.21. The van der Waals surface area contributed by atoms with Crippen molar-refractivity contribution in [1.82, 2.24) is 15.0 Å². The highest BCUT2D eigenvalue weighted by Gasteiger charge is 2.26. The fraction of sp³-hybridized carbons (Fsp3) is 0.316. The van der Waals surface area contributed by atoms with Gasteiger partial charge in [0.15, 0.2) is 0 Å². The second-order valence-corrected chi connectivity index (χ2v) is 6.59. The number of hydrogen-bond acceptors (Lipinski definition) is 5. The first-order chi connectivity index (χ1) is 11.6. The molecule has 2 heterocycles. The van der Waals surface area contributed by atoms with E-state index in [1.807, 2.05) is 25.2 Å². The molecule has 0 N–H and O–H groups in total. The van der Waals surface area contributed by atoms with Crippen molar-refractivity contribution in [2.45, 2.75) is 18.9 Å². The predicted molar refractivity (Wildman–Crippen MR) is 97.7 cm³/mol. The van der Waals surface area contributed by atoms with Crippen molar-refractivity contribution in [3.8, 4) is 0 Å². The molecule has 122 valence electrons. The maximum atomic E-state index is 4.58. The molecule has 0 aliphatic heterocycles. The minimum atomic E-state index is 0.427. The Balaban J connectivity index is 1.72. The van der Waals surface area contributed by atoms with Gasteiger partial charge in [0.25, 0.3) is 0 Å². The number of anilines is 2. The maximum Gasteiger partial charge on any atom is 0.140 e. The molecule has 0 unspecified atom stereocenters. The molecule has 0 radical (unpaired) electrons. The SMILES string of the molecule is CN(C)c1cc2c(N(C)C3Cc4ccccc4C3)ncnc2cn1. The van der Waals surface area contributed by atoms with Gasteiger partial charge in [0.2, 0.25) is 0 Å². The maximum absolute atomic E-state index is 4.58. The van der Waals surface area contributed by atoms with Crippen LogP contribution in [0.25, 0.3) is 10.9 Å². The highest BCUT2D eigenvalue weighted by Crippen LogP contribution is 2.31. The molecule has 1 aliphatic rings. The van der Waals surface area contributed by atoms with Gasteiger partial charge < -0.3 is 9.80 Å². The average Bonchev–Trinajstić information content (AvgIpc) is 3.04. The van der Waals surface area contributed by atoms with Crippen molar-refractivity contribution >= 4 is 22.5 Å². The van der Waals surface area contributed by atoms with Gasteiger partial charge >= 0.3 is 0 Å². The number of pyridine rings is 1. The third-order valence-corrected chi connectivity index (χ3v) is 4.86. The van der Waals surface area contributed by atoms with E-state index in [0.29, 0.717) is 6.04 Å². The zero-order chi connectivity index (χ0) is 16.7. The number of nitrogens with zero attached hydrogens (tertiary/aromatic N) is 5. The lowest BCUT2D eigenvalue weighted by Gasteiger charge is -2.26. The molecule has 0 saturated carbocycles. The van der Waals surface area contributed by atoms with Gasteiger partial charge in [-0.2, -0.15) is 0 Å². The quantitative estimate of drug-likeness (QED) is 0.743. The molecule has 2 aromatic heterocycles. The van der Waals surface area contributed by atoms with E-state index >= 15 is 0 Å². The summed E-state index contributed by atoms with van der Waals surface area (Å²) in [5.41, 5.74) is 3.78. The molecule has 3 aromatic rings. The fourth-order valence-corrected chi connectivity index (χ4v) is 3.44. The molecular formula is C19H21N5. The lowest BCUT2D eigenvalue weighted by Crippen LogP contribution is -2.33. The summed E-state index contributed by atoms with van der Waals surface area (Å²) < 4.78 is 0. The van der Waals surface area contributed by atoms with Crippen molar-refractivity contribution in [3.63, 3.8) is 0 Å². The highest BCUT2D eigenvalue weighted by molar-refractivity contribution is 5.90. The summed E-state index contributed by atoms with van der Waals surface area (Å²) in [5.74, 6) is 1.89. The van der Waals surface area contributed by atoms with Crippen LogP contribution in [0.2, 0.25) is 0 Å². The summed E-state index contributed by atoms with van der Waals surface area (Å²) >= 11 is 0. The Kier molecular flexibility index (Phi) is 3.56. The molecular weight excluding hydrogens is 298 g/mol. The van der Waals surface area contributed by atoms with Crippen LogP contribution in [0.4, 0.5) is 11.6 Å². The lowest BCUT2D eigenvalue weighted by atomic mass is 10.1. The molecule has 0 amide bonds. The van der Waals surface area contributed by atoms with Crippen molar-refractivity contribution in [3.05, 3.63) is 54.0 Å². The van der Waals surface area contributed by atoms with Gasteiger partial charge in [-0.05, 0) is 30.0 Å². The van der Waals surface area contributed by atoms with Crippen molar-refractivity contribution in [1.29, 1.82) is 0 Å². The van der Waals surface area contributed by atoms with E-state index in [9.17, 15) is 0 Å². The topological polar surface area (TPSA) is 45.2 Å². The van der Waals surface area contributed by atoms with Gasteiger partial charge in [-0.1, -0.05) is 24.3 Å². The minimum absolute atomic E-state index is 0.427. The second kappa shape index (κ2) is 5.74. The van der Waals surface area contributed by atoms with Crippen LogP contribution in [-0.4, -0.2) is 42.1 Å². The molecule has 0 saturated heterocycles. The van der Waals surface area contributed by atoms with E-state index in [1.165, 1.54) is 11.1 Å². The molecule has 1 aliphatic carbocycles. The fourth-order valence-electron chi connectivity index (χ4n) is 3.44. The van der Waals surface area contributed by atoms with E-state index in [2.05, 4.69) is 57.2 Å². The van der Waals surface area contributed by atoms with Crippen LogP contribution in [0.15, 0.2) is 42.9 Å². The molecule has 4 rings (SSSR count). The Morgan fingerprint density at radius 1 is 0.958 bits per heavy atom. The number of likely N-dealkylation sites (N-methyl/N-ethyl adjacent to an activating group) is 1. The molecule has 0 atom stereocenters. The van der Waals surface area contributed by atoms with E-state index in [-0.39, 0.29) is 0 Å². The van der Waals surface area contributed by atoms with Gasteiger partial charge in [0.05, 0.1) is 11.7 Å². The summed E-state index contributed by atoms with van der Waals surface area (Å²) in [4.78, 5) is 17.7. The summed E-state index contributed by atoms with van der Waals surface area (Å²) in [5, 5.41) is 1.05. The first-order valence-corrected chi connectivity index (χ1v) is 8.21. The first kappa shape index (κ1) is 14.9. The number of hydrogen-bond donors (Lipinski definition) is 0. The average molecular weight is 319 g/mol. The van der Waals surface area contributed by atoms with Crippen molar-refractivity contribution in [2.24, 2.45) is 0 Å². The smallest absolute Gasteiger partial charge is 0.140 e. The van der Waals surface area contributed by atoms with E-state index < -0.39 is 0 Å². The molecule has 24 heavy (non-hydrogen) atoms.